The number of carbonyl (C=O) groups excluding carboxylic acids is 1. The van der Waals surface area contributed by atoms with Crippen LogP contribution in [0.1, 0.15) is 41.6 Å². The molecule has 2 aromatic rings. The van der Waals surface area contributed by atoms with Gasteiger partial charge in [-0.05, 0) is 30.5 Å². The van der Waals surface area contributed by atoms with Crippen LogP contribution in [0.4, 0.5) is 8.78 Å². The van der Waals surface area contributed by atoms with Gasteiger partial charge in [0, 0.05) is 11.6 Å². The van der Waals surface area contributed by atoms with Crippen LogP contribution >= 0.6 is 0 Å². The lowest BCUT2D eigenvalue weighted by Crippen LogP contribution is -2.33. The maximum Gasteiger partial charge on any atom is 0.173 e. The van der Waals surface area contributed by atoms with Crippen LogP contribution in [0.15, 0.2) is 48.5 Å². The van der Waals surface area contributed by atoms with Crippen LogP contribution in [0.5, 0.6) is 0 Å². The van der Waals surface area contributed by atoms with Crippen molar-refractivity contribution in [2.24, 2.45) is 0 Å². The molecule has 0 amide bonds. The van der Waals surface area contributed by atoms with E-state index < -0.39 is 17.0 Å². The SMILES string of the molecule is O=C(c1cc(F)cc(F)c1)C1(c2ccccc2)CCCC1. The summed E-state index contributed by atoms with van der Waals surface area (Å²) >= 11 is 0. The minimum atomic E-state index is -0.709. The van der Waals surface area contributed by atoms with E-state index in [1.807, 2.05) is 30.3 Å². The minimum absolute atomic E-state index is 0.123. The second-order valence-corrected chi connectivity index (χ2v) is 5.64. The lowest BCUT2D eigenvalue weighted by molar-refractivity contribution is 0.0885. The summed E-state index contributed by atoms with van der Waals surface area (Å²) in [5, 5.41) is 0. The highest BCUT2D eigenvalue weighted by atomic mass is 19.1. The molecule has 2 aromatic carbocycles. The third-order valence-corrected chi connectivity index (χ3v) is 4.34. The summed E-state index contributed by atoms with van der Waals surface area (Å²) in [6.07, 6.45) is 3.37. The van der Waals surface area contributed by atoms with E-state index in [2.05, 4.69) is 0 Å². The average molecular weight is 286 g/mol. The Balaban J connectivity index is 2.07. The number of Topliss-reactive ketones (excluding diaryl/α,β-unsaturated/α-hetero) is 1. The molecule has 0 atom stereocenters. The zero-order valence-corrected chi connectivity index (χ0v) is 11.6. The van der Waals surface area contributed by atoms with Gasteiger partial charge in [-0.25, -0.2) is 8.78 Å². The molecule has 0 N–H and O–H groups in total. The Morgan fingerprint density at radius 2 is 1.48 bits per heavy atom. The van der Waals surface area contributed by atoms with E-state index in [9.17, 15) is 13.6 Å². The minimum Gasteiger partial charge on any atom is -0.293 e. The lowest BCUT2D eigenvalue weighted by atomic mass is 9.73. The highest BCUT2D eigenvalue weighted by Crippen LogP contribution is 2.43. The number of hydrogen-bond donors (Lipinski definition) is 0. The molecule has 108 valence electrons. The first kappa shape index (κ1) is 13.9. The molecule has 1 aliphatic carbocycles. The van der Waals surface area contributed by atoms with Gasteiger partial charge in [0.1, 0.15) is 11.6 Å². The summed E-state index contributed by atoms with van der Waals surface area (Å²) in [4.78, 5) is 12.9. The number of halogens is 2. The highest BCUT2D eigenvalue weighted by molar-refractivity contribution is 6.04. The Hall–Kier alpha value is -2.03. The Kier molecular flexibility index (Phi) is 3.58. The Labute approximate surface area is 122 Å². The zero-order chi connectivity index (χ0) is 14.9. The van der Waals surface area contributed by atoms with Gasteiger partial charge in [-0.15, -0.1) is 0 Å². The molecule has 21 heavy (non-hydrogen) atoms. The van der Waals surface area contributed by atoms with Crippen molar-refractivity contribution in [1.29, 1.82) is 0 Å². The Morgan fingerprint density at radius 1 is 0.905 bits per heavy atom. The van der Waals surface area contributed by atoms with Crippen molar-refractivity contribution < 1.29 is 13.6 Å². The van der Waals surface area contributed by atoms with Crippen molar-refractivity contribution in [3.8, 4) is 0 Å². The van der Waals surface area contributed by atoms with Crippen LogP contribution in [0.25, 0.3) is 0 Å². The van der Waals surface area contributed by atoms with E-state index in [-0.39, 0.29) is 11.3 Å². The molecule has 0 aromatic heterocycles. The quantitative estimate of drug-likeness (QED) is 0.750. The van der Waals surface area contributed by atoms with E-state index in [0.717, 1.165) is 49.4 Å². The van der Waals surface area contributed by atoms with Crippen LogP contribution in [0, 0.1) is 11.6 Å². The average Bonchev–Trinajstić information content (AvgIpc) is 2.97. The first-order valence-electron chi connectivity index (χ1n) is 7.18. The lowest BCUT2D eigenvalue weighted by Gasteiger charge is -2.28. The molecule has 1 saturated carbocycles. The fraction of sp³-hybridized carbons (Fsp3) is 0.278. The Bertz CT molecular complexity index is 638. The summed E-state index contributed by atoms with van der Waals surface area (Å²) in [5.74, 6) is -1.59. The largest absolute Gasteiger partial charge is 0.293 e. The van der Waals surface area contributed by atoms with Gasteiger partial charge in [0.25, 0.3) is 0 Å². The third kappa shape index (κ3) is 2.48. The molecular formula is C18H16F2O. The summed E-state index contributed by atoms with van der Waals surface area (Å²) in [6.45, 7) is 0. The van der Waals surface area contributed by atoms with E-state index in [1.165, 1.54) is 0 Å². The Morgan fingerprint density at radius 3 is 2.05 bits per heavy atom. The fourth-order valence-corrected chi connectivity index (χ4v) is 3.34. The smallest absolute Gasteiger partial charge is 0.173 e. The number of hydrogen-bond acceptors (Lipinski definition) is 1. The van der Waals surface area contributed by atoms with Gasteiger partial charge in [-0.3, -0.25) is 4.79 Å². The first-order chi connectivity index (χ1) is 10.1. The van der Waals surface area contributed by atoms with Crippen LogP contribution in [-0.4, -0.2) is 5.78 Å². The molecule has 0 radical (unpaired) electrons. The third-order valence-electron chi connectivity index (χ3n) is 4.34. The monoisotopic (exact) mass is 286 g/mol. The second-order valence-electron chi connectivity index (χ2n) is 5.64. The van der Waals surface area contributed by atoms with Gasteiger partial charge in [-0.2, -0.15) is 0 Å². The van der Waals surface area contributed by atoms with Crippen molar-refractivity contribution in [3.05, 3.63) is 71.3 Å². The standard InChI is InChI=1S/C18H16F2O/c19-15-10-13(11-16(20)12-15)17(21)18(8-4-5-9-18)14-6-2-1-3-7-14/h1-3,6-7,10-12H,4-5,8-9H2. The molecule has 0 aliphatic heterocycles. The molecule has 0 heterocycles. The first-order valence-corrected chi connectivity index (χ1v) is 7.18. The van der Waals surface area contributed by atoms with Gasteiger partial charge in [0.2, 0.25) is 0 Å². The maximum absolute atomic E-state index is 13.4. The number of ketones is 1. The molecule has 3 rings (SSSR count). The predicted molar refractivity (Wildman–Crippen MR) is 77.3 cm³/mol. The molecule has 0 unspecified atom stereocenters. The van der Waals surface area contributed by atoms with Crippen molar-refractivity contribution in [2.45, 2.75) is 31.1 Å². The van der Waals surface area contributed by atoms with Crippen molar-refractivity contribution in [2.75, 3.05) is 0 Å². The topological polar surface area (TPSA) is 17.1 Å². The fourth-order valence-electron chi connectivity index (χ4n) is 3.34. The van der Waals surface area contributed by atoms with Crippen LogP contribution in [0.3, 0.4) is 0 Å². The van der Waals surface area contributed by atoms with Crippen LogP contribution in [-0.2, 0) is 5.41 Å². The van der Waals surface area contributed by atoms with E-state index in [4.69, 9.17) is 0 Å². The normalized spacial score (nSPS) is 16.9. The van der Waals surface area contributed by atoms with Crippen LogP contribution < -0.4 is 0 Å². The molecule has 1 fully saturated rings. The summed E-state index contributed by atoms with van der Waals surface area (Å²) in [6, 6.07) is 12.6. The van der Waals surface area contributed by atoms with Crippen LogP contribution in [0.2, 0.25) is 0 Å². The van der Waals surface area contributed by atoms with Gasteiger partial charge in [0.15, 0.2) is 5.78 Å². The molecule has 0 bridgehead atoms. The molecule has 0 spiro atoms. The van der Waals surface area contributed by atoms with Gasteiger partial charge in [0.05, 0.1) is 5.41 Å². The molecular weight excluding hydrogens is 270 g/mol. The summed E-state index contributed by atoms with van der Waals surface area (Å²) < 4.78 is 26.8. The van der Waals surface area contributed by atoms with Gasteiger partial charge >= 0.3 is 0 Å². The number of benzene rings is 2. The number of rotatable bonds is 3. The maximum atomic E-state index is 13.4. The van der Waals surface area contributed by atoms with Gasteiger partial charge in [-0.1, -0.05) is 43.2 Å². The van der Waals surface area contributed by atoms with Crippen molar-refractivity contribution in [3.63, 3.8) is 0 Å². The highest BCUT2D eigenvalue weighted by Gasteiger charge is 2.42. The van der Waals surface area contributed by atoms with E-state index in [0.29, 0.717) is 0 Å². The molecule has 1 aliphatic rings. The molecule has 0 saturated heterocycles. The van der Waals surface area contributed by atoms with Gasteiger partial charge < -0.3 is 0 Å². The second kappa shape index (κ2) is 5.40. The van der Waals surface area contributed by atoms with E-state index >= 15 is 0 Å². The summed E-state index contributed by atoms with van der Waals surface area (Å²) in [7, 11) is 0. The number of carbonyl (C=O) groups is 1. The molecule has 1 nitrogen and oxygen atoms in total. The summed E-state index contributed by atoms with van der Waals surface area (Å²) in [5.41, 5.74) is 0.428. The molecule has 3 heteroatoms. The predicted octanol–water partition coefficient (Wildman–Crippen LogP) is 4.66. The van der Waals surface area contributed by atoms with Crippen molar-refractivity contribution in [1.82, 2.24) is 0 Å². The van der Waals surface area contributed by atoms with E-state index in [1.54, 1.807) is 0 Å². The zero-order valence-electron chi connectivity index (χ0n) is 11.6. The van der Waals surface area contributed by atoms with Crippen molar-refractivity contribution >= 4 is 5.78 Å².